The molecule has 6 rings (SSSR count). The maximum absolute atomic E-state index is 13.1. The molecule has 9 nitrogen and oxygen atoms in total. The molecule has 2 amide bonds. The van der Waals surface area contributed by atoms with Crippen molar-refractivity contribution in [2.45, 2.75) is 44.0 Å². The highest BCUT2D eigenvalue weighted by atomic mass is 19.4. The summed E-state index contributed by atoms with van der Waals surface area (Å²) in [6.45, 7) is 2.94. The fourth-order valence-corrected chi connectivity index (χ4v) is 5.65. The Morgan fingerprint density at radius 1 is 1.00 bits per heavy atom. The first-order chi connectivity index (χ1) is 19.6. The molecule has 12 heteroatoms. The SMILES string of the molecule is CN1CC2(CC1=O)CN(c1ccc(CNC(=O)C3(c4ccc(OCc5ccc(C(F)(F)F)nc5)nn4)CC3)cc1)C2. The average Bonchev–Trinajstić information content (AvgIpc) is 3.70. The van der Waals surface area contributed by atoms with Crippen LogP contribution in [0.4, 0.5) is 18.9 Å². The normalized spacial score (nSPS) is 18.8. The van der Waals surface area contributed by atoms with Gasteiger partial charge in [-0.1, -0.05) is 18.2 Å². The van der Waals surface area contributed by atoms with Gasteiger partial charge in [0.25, 0.3) is 0 Å². The number of alkyl halides is 3. The van der Waals surface area contributed by atoms with E-state index >= 15 is 0 Å². The minimum Gasteiger partial charge on any atom is -0.472 e. The van der Waals surface area contributed by atoms with Crippen LogP contribution in [0.1, 0.15) is 41.8 Å². The zero-order valence-corrected chi connectivity index (χ0v) is 22.4. The summed E-state index contributed by atoms with van der Waals surface area (Å²) < 4.78 is 43.5. The van der Waals surface area contributed by atoms with E-state index in [-0.39, 0.29) is 29.7 Å². The van der Waals surface area contributed by atoms with E-state index in [0.29, 0.717) is 37.1 Å². The maximum Gasteiger partial charge on any atom is 0.433 e. The molecular weight excluding hydrogens is 537 g/mol. The number of likely N-dealkylation sites (tertiary alicyclic amines) is 1. The van der Waals surface area contributed by atoms with Crippen LogP contribution in [0.5, 0.6) is 5.88 Å². The van der Waals surface area contributed by atoms with Crippen molar-refractivity contribution in [1.29, 1.82) is 0 Å². The molecule has 1 saturated carbocycles. The molecule has 0 unspecified atom stereocenters. The number of hydrogen-bond donors (Lipinski definition) is 1. The van der Waals surface area contributed by atoms with Crippen LogP contribution in [-0.2, 0) is 34.3 Å². The molecule has 2 saturated heterocycles. The standard InChI is InChI=1S/C29H29F3N6O3/c1-37-16-27(12-25(37)39)17-38(18-27)21-5-2-19(3-6-21)13-34-26(40)28(10-11-28)22-8-9-24(36-35-22)41-15-20-4-7-23(33-14-20)29(30,31)32/h2-9,14H,10-13,15-18H2,1H3,(H,34,40). The third kappa shape index (κ3) is 5.42. The molecule has 4 heterocycles. The lowest BCUT2D eigenvalue weighted by atomic mass is 9.78. The number of rotatable bonds is 8. The summed E-state index contributed by atoms with van der Waals surface area (Å²) >= 11 is 0. The van der Waals surface area contributed by atoms with Crippen LogP contribution < -0.4 is 15.0 Å². The topological polar surface area (TPSA) is 101 Å². The summed E-state index contributed by atoms with van der Waals surface area (Å²) in [5.41, 5.74) is 1.50. The molecule has 1 aliphatic carbocycles. The van der Waals surface area contributed by atoms with Gasteiger partial charge in [0.05, 0.1) is 11.1 Å². The van der Waals surface area contributed by atoms with E-state index < -0.39 is 17.3 Å². The fraction of sp³-hybridized carbons (Fsp3) is 0.414. The van der Waals surface area contributed by atoms with Gasteiger partial charge in [0.1, 0.15) is 12.3 Å². The first-order valence-electron chi connectivity index (χ1n) is 13.4. The monoisotopic (exact) mass is 566 g/mol. The lowest BCUT2D eigenvalue weighted by Crippen LogP contribution is -2.57. The zero-order valence-electron chi connectivity index (χ0n) is 22.4. The van der Waals surface area contributed by atoms with E-state index in [9.17, 15) is 22.8 Å². The minimum absolute atomic E-state index is 0.0146. The van der Waals surface area contributed by atoms with E-state index in [4.69, 9.17) is 4.74 Å². The van der Waals surface area contributed by atoms with Gasteiger partial charge in [0.2, 0.25) is 17.7 Å². The van der Waals surface area contributed by atoms with E-state index in [2.05, 4.69) is 25.4 Å². The molecule has 41 heavy (non-hydrogen) atoms. The number of carbonyl (C=O) groups is 2. The van der Waals surface area contributed by atoms with Crippen LogP contribution in [0.25, 0.3) is 0 Å². The van der Waals surface area contributed by atoms with Crippen molar-refractivity contribution < 1.29 is 27.5 Å². The summed E-state index contributed by atoms with van der Waals surface area (Å²) in [6.07, 6.45) is -1.44. The Kier molecular flexibility index (Phi) is 6.58. The Morgan fingerprint density at radius 3 is 2.29 bits per heavy atom. The molecule has 0 atom stereocenters. The molecule has 3 aromatic rings. The van der Waals surface area contributed by atoms with Crippen LogP contribution in [0.15, 0.2) is 54.7 Å². The van der Waals surface area contributed by atoms with E-state index in [1.807, 2.05) is 36.2 Å². The van der Waals surface area contributed by atoms with Gasteiger partial charge in [0, 0.05) is 68.6 Å². The number of ether oxygens (including phenoxy) is 1. The van der Waals surface area contributed by atoms with Crippen LogP contribution in [-0.4, -0.2) is 58.6 Å². The van der Waals surface area contributed by atoms with Crippen LogP contribution >= 0.6 is 0 Å². The predicted molar refractivity (Wildman–Crippen MR) is 142 cm³/mol. The number of nitrogens with one attached hydrogen (secondary N) is 1. The summed E-state index contributed by atoms with van der Waals surface area (Å²) in [6, 6.07) is 13.6. The third-order valence-corrected chi connectivity index (χ3v) is 8.15. The maximum atomic E-state index is 13.1. The van der Waals surface area contributed by atoms with Crippen molar-refractivity contribution >= 4 is 17.5 Å². The second-order valence-electron chi connectivity index (χ2n) is 11.3. The third-order valence-electron chi connectivity index (χ3n) is 8.15. The number of carbonyl (C=O) groups excluding carboxylic acids is 2. The van der Waals surface area contributed by atoms with Crippen molar-refractivity contribution in [2.24, 2.45) is 5.41 Å². The molecule has 0 bridgehead atoms. The van der Waals surface area contributed by atoms with Crippen molar-refractivity contribution in [3.05, 3.63) is 77.2 Å². The second kappa shape index (κ2) is 10.0. The summed E-state index contributed by atoms with van der Waals surface area (Å²) in [5, 5.41) is 11.3. The summed E-state index contributed by atoms with van der Waals surface area (Å²) in [7, 11) is 1.86. The molecule has 1 spiro atoms. The predicted octanol–water partition coefficient (Wildman–Crippen LogP) is 3.49. The zero-order chi connectivity index (χ0) is 28.8. The van der Waals surface area contributed by atoms with E-state index in [1.165, 1.54) is 6.07 Å². The second-order valence-corrected chi connectivity index (χ2v) is 11.3. The Labute approximate surface area is 234 Å². The van der Waals surface area contributed by atoms with Crippen molar-refractivity contribution in [2.75, 3.05) is 31.6 Å². The van der Waals surface area contributed by atoms with Crippen LogP contribution in [0, 0.1) is 5.41 Å². The molecule has 2 aliphatic heterocycles. The lowest BCUT2D eigenvalue weighted by molar-refractivity contribution is -0.141. The highest BCUT2D eigenvalue weighted by molar-refractivity contribution is 5.90. The van der Waals surface area contributed by atoms with Gasteiger partial charge in [0.15, 0.2) is 0 Å². The van der Waals surface area contributed by atoms with Crippen LogP contribution in [0.3, 0.4) is 0 Å². The summed E-state index contributed by atoms with van der Waals surface area (Å²) in [5.74, 6) is 0.304. The molecule has 1 N–H and O–H groups in total. The molecular formula is C29H29F3N6O3. The van der Waals surface area contributed by atoms with E-state index in [1.54, 1.807) is 12.1 Å². The van der Waals surface area contributed by atoms with Gasteiger partial charge in [-0.15, -0.1) is 5.10 Å². The Morgan fingerprint density at radius 2 is 1.73 bits per heavy atom. The Balaban J connectivity index is 0.988. The molecule has 3 fully saturated rings. The average molecular weight is 567 g/mol. The van der Waals surface area contributed by atoms with Crippen molar-refractivity contribution in [3.63, 3.8) is 0 Å². The van der Waals surface area contributed by atoms with Gasteiger partial charge in [-0.25, -0.2) is 0 Å². The number of anilines is 1. The van der Waals surface area contributed by atoms with Crippen LogP contribution in [0.2, 0.25) is 0 Å². The number of aromatic nitrogens is 3. The molecule has 2 aromatic heterocycles. The minimum atomic E-state index is -4.49. The number of pyridine rings is 1. The molecule has 1 aromatic carbocycles. The summed E-state index contributed by atoms with van der Waals surface area (Å²) in [4.78, 5) is 32.5. The number of halogens is 3. The van der Waals surface area contributed by atoms with Gasteiger partial charge in [-0.2, -0.15) is 18.3 Å². The van der Waals surface area contributed by atoms with Crippen molar-refractivity contribution in [3.8, 4) is 5.88 Å². The van der Waals surface area contributed by atoms with E-state index in [0.717, 1.165) is 43.1 Å². The van der Waals surface area contributed by atoms with Gasteiger partial charge in [-0.3, -0.25) is 14.6 Å². The lowest BCUT2D eigenvalue weighted by Gasteiger charge is -2.48. The Hall–Kier alpha value is -4.22. The smallest absolute Gasteiger partial charge is 0.433 e. The first kappa shape index (κ1) is 27.0. The highest BCUT2D eigenvalue weighted by Gasteiger charge is 2.53. The van der Waals surface area contributed by atoms with Gasteiger partial charge >= 0.3 is 6.18 Å². The first-order valence-corrected chi connectivity index (χ1v) is 13.4. The highest BCUT2D eigenvalue weighted by Crippen LogP contribution is 2.47. The fourth-order valence-electron chi connectivity index (χ4n) is 5.65. The molecule has 214 valence electrons. The quantitative estimate of drug-likeness (QED) is 0.446. The van der Waals surface area contributed by atoms with Gasteiger partial charge in [-0.05, 0) is 42.7 Å². The molecule has 0 radical (unpaired) electrons. The number of benzene rings is 1. The number of hydrogen-bond acceptors (Lipinski definition) is 7. The number of nitrogens with zero attached hydrogens (tertiary/aromatic N) is 5. The largest absolute Gasteiger partial charge is 0.472 e. The van der Waals surface area contributed by atoms with Gasteiger partial charge < -0.3 is 19.9 Å². The molecule has 3 aliphatic rings. The Bertz CT molecular complexity index is 1430. The van der Waals surface area contributed by atoms with Crippen molar-refractivity contribution in [1.82, 2.24) is 25.4 Å². The number of amides is 2.